The lowest BCUT2D eigenvalue weighted by Crippen LogP contribution is -2.23. The zero-order chi connectivity index (χ0) is 11.4. The number of hydrogen-bond donors (Lipinski definition) is 1. The van der Waals surface area contributed by atoms with E-state index in [1.54, 1.807) is 11.3 Å². The second kappa shape index (κ2) is 5.18. The molecule has 2 aromatic rings. The smallest absolute Gasteiger partial charge is 0.109 e. The standard InChI is InChI=1S/C12H15N3S/c1-9(11-5-3-4-6-13-11)15-10(2)12-14-7-8-16-12/h3-10,15H,1-2H3. The van der Waals surface area contributed by atoms with E-state index in [0.717, 1.165) is 10.7 Å². The Morgan fingerprint density at radius 2 is 2.00 bits per heavy atom. The first-order valence-corrected chi connectivity index (χ1v) is 6.21. The molecule has 2 aromatic heterocycles. The Morgan fingerprint density at radius 1 is 1.12 bits per heavy atom. The van der Waals surface area contributed by atoms with Gasteiger partial charge in [-0.3, -0.25) is 4.98 Å². The molecule has 0 saturated carbocycles. The van der Waals surface area contributed by atoms with Crippen molar-refractivity contribution in [3.63, 3.8) is 0 Å². The molecular weight excluding hydrogens is 218 g/mol. The van der Waals surface area contributed by atoms with Gasteiger partial charge in [-0.05, 0) is 26.0 Å². The van der Waals surface area contributed by atoms with Crippen LogP contribution in [0.5, 0.6) is 0 Å². The van der Waals surface area contributed by atoms with Crippen LogP contribution < -0.4 is 5.32 Å². The second-order valence-corrected chi connectivity index (χ2v) is 4.66. The van der Waals surface area contributed by atoms with Crippen LogP contribution in [0.3, 0.4) is 0 Å². The Kier molecular flexibility index (Phi) is 3.64. The lowest BCUT2D eigenvalue weighted by molar-refractivity contribution is 0.485. The molecular formula is C12H15N3S. The third kappa shape index (κ3) is 2.65. The summed E-state index contributed by atoms with van der Waals surface area (Å²) in [5.74, 6) is 0. The van der Waals surface area contributed by atoms with Gasteiger partial charge >= 0.3 is 0 Å². The van der Waals surface area contributed by atoms with Crippen molar-refractivity contribution in [1.82, 2.24) is 15.3 Å². The van der Waals surface area contributed by atoms with Gasteiger partial charge in [0.15, 0.2) is 0 Å². The van der Waals surface area contributed by atoms with Crippen LogP contribution >= 0.6 is 11.3 Å². The van der Waals surface area contributed by atoms with Crippen molar-refractivity contribution in [3.05, 3.63) is 46.7 Å². The average Bonchev–Trinajstić information content (AvgIpc) is 2.83. The number of nitrogens with zero attached hydrogens (tertiary/aromatic N) is 2. The van der Waals surface area contributed by atoms with Gasteiger partial charge in [0.05, 0.1) is 11.7 Å². The highest BCUT2D eigenvalue weighted by Gasteiger charge is 2.13. The molecule has 84 valence electrons. The summed E-state index contributed by atoms with van der Waals surface area (Å²) >= 11 is 1.67. The normalized spacial score (nSPS) is 14.6. The Bertz CT molecular complexity index is 413. The molecule has 0 bridgehead atoms. The van der Waals surface area contributed by atoms with E-state index in [-0.39, 0.29) is 12.1 Å². The van der Waals surface area contributed by atoms with Gasteiger partial charge in [0.1, 0.15) is 5.01 Å². The molecule has 1 N–H and O–H groups in total. The van der Waals surface area contributed by atoms with Crippen LogP contribution in [-0.2, 0) is 0 Å². The maximum absolute atomic E-state index is 4.33. The lowest BCUT2D eigenvalue weighted by Gasteiger charge is -2.17. The number of hydrogen-bond acceptors (Lipinski definition) is 4. The monoisotopic (exact) mass is 233 g/mol. The van der Waals surface area contributed by atoms with Gasteiger partial charge in [-0.15, -0.1) is 11.3 Å². The van der Waals surface area contributed by atoms with Crippen molar-refractivity contribution in [2.45, 2.75) is 25.9 Å². The second-order valence-electron chi connectivity index (χ2n) is 3.73. The van der Waals surface area contributed by atoms with Crippen LogP contribution in [0.1, 0.15) is 36.6 Å². The molecule has 3 nitrogen and oxygen atoms in total. The fraction of sp³-hybridized carbons (Fsp3) is 0.333. The molecule has 0 aliphatic heterocycles. The molecule has 2 rings (SSSR count). The predicted molar refractivity (Wildman–Crippen MR) is 66.3 cm³/mol. The minimum Gasteiger partial charge on any atom is -0.300 e. The first-order valence-electron chi connectivity index (χ1n) is 5.33. The number of aromatic nitrogens is 2. The third-order valence-corrected chi connectivity index (χ3v) is 3.41. The lowest BCUT2D eigenvalue weighted by atomic mass is 10.2. The molecule has 16 heavy (non-hydrogen) atoms. The highest BCUT2D eigenvalue weighted by atomic mass is 32.1. The third-order valence-electron chi connectivity index (χ3n) is 2.45. The molecule has 0 spiro atoms. The van der Waals surface area contributed by atoms with Gasteiger partial charge in [0.25, 0.3) is 0 Å². The Hall–Kier alpha value is -1.26. The highest BCUT2D eigenvalue weighted by Crippen LogP contribution is 2.19. The Balaban J connectivity index is 2.00. The van der Waals surface area contributed by atoms with Gasteiger partial charge < -0.3 is 5.32 Å². The van der Waals surface area contributed by atoms with Crippen molar-refractivity contribution < 1.29 is 0 Å². The van der Waals surface area contributed by atoms with E-state index in [1.165, 1.54) is 0 Å². The zero-order valence-corrected chi connectivity index (χ0v) is 10.2. The quantitative estimate of drug-likeness (QED) is 0.882. The summed E-state index contributed by atoms with van der Waals surface area (Å²) < 4.78 is 0. The molecule has 0 radical (unpaired) electrons. The van der Waals surface area contributed by atoms with E-state index in [0.29, 0.717) is 0 Å². The number of pyridine rings is 1. The fourth-order valence-electron chi connectivity index (χ4n) is 1.61. The van der Waals surface area contributed by atoms with Crippen LogP contribution in [0.2, 0.25) is 0 Å². The van der Waals surface area contributed by atoms with E-state index in [1.807, 2.05) is 36.0 Å². The van der Waals surface area contributed by atoms with Crippen LogP contribution in [0.25, 0.3) is 0 Å². The summed E-state index contributed by atoms with van der Waals surface area (Å²) in [4.78, 5) is 8.63. The molecule has 2 atom stereocenters. The molecule has 0 aliphatic carbocycles. The minimum atomic E-state index is 0.236. The van der Waals surface area contributed by atoms with Crippen molar-refractivity contribution >= 4 is 11.3 Å². The van der Waals surface area contributed by atoms with Crippen LogP contribution in [-0.4, -0.2) is 9.97 Å². The zero-order valence-electron chi connectivity index (χ0n) is 9.42. The fourth-order valence-corrected chi connectivity index (χ4v) is 2.27. The number of nitrogens with one attached hydrogen (secondary N) is 1. The van der Waals surface area contributed by atoms with Crippen LogP contribution in [0, 0.1) is 0 Å². The summed E-state index contributed by atoms with van der Waals surface area (Å²) in [5.41, 5.74) is 1.06. The SMILES string of the molecule is CC(NC(C)c1nccs1)c1ccccn1. The molecule has 2 heterocycles. The number of thiazole rings is 1. The van der Waals surface area contributed by atoms with Crippen molar-refractivity contribution in [1.29, 1.82) is 0 Å². The molecule has 0 aliphatic rings. The van der Waals surface area contributed by atoms with Gasteiger partial charge in [0, 0.05) is 23.8 Å². The number of rotatable bonds is 4. The van der Waals surface area contributed by atoms with Gasteiger partial charge in [-0.25, -0.2) is 4.98 Å². The summed E-state index contributed by atoms with van der Waals surface area (Å²) in [6, 6.07) is 6.47. The maximum Gasteiger partial charge on any atom is 0.109 e. The summed E-state index contributed by atoms with van der Waals surface area (Å²) in [5, 5.41) is 6.60. The van der Waals surface area contributed by atoms with Crippen molar-refractivity contribution in [3.8, 4) is 0 Å². The van der Waals surface area contributed by atoms with Crippen molar-refractivity contribution in [2.75, 3.05) is 0 Å². The van der Waals surface area contributed by atoms with E-state index in [2.05, 4.69) is 29.1 Å². The van der Waals surface area contributed by atoms with E-state index >= 15 is 0 Å². The summed E-state index contributed by atoms with van der Waals surface area (Å²) in [6.45, 7) is 4.24. The van der Waals surface area contributed by atoms with E-state index in [9.17, 15) is 0 Å². The highest BCUT2D eigenvalue weighted by molar-refractivity contribution is 7.09. The molecule has 0 amide bonds. The van der Waals surface area contributed by atoms with Crippen molar-refractivity contribution in [2.24, 2.45) is 0 Å². The Labute approximate surface area is 99.6 Å². The van der Waals surface area contributed by atoms with E-state index < -0.39 is 0 Å². The molecule has 0 aromatic carbocycles. The molecule has 0 fully saturated rings. The largest absolute Gasteiger partial charge is 0.300 e. The van der Waals surface area contributed by atoms with Crippen LogP contribution in [0.15, 0.2) is 36.0 Å². The predicted octanol–water partition coefficient (Wildman–Crippen LogP) is 2.95. The first kappa shape index (κ1) is 11.2. The molecule has 0 saturated heterocycles. The topological polar surface area (TPSA) is 37.8 Å². The average molecular weight is 233 g/mol. The van der Waals surface area contributed by atoms with Gasteiger partial charge in [-0.1, -0.05) is 6.07 Å². The van der Waals surface area contributed by atoms with E-state index in [4.69, 9.17) is 0 Å². The molecule has 2 unspecified atom stereocenters. The summed E-state index contributed by atoms with van der Waals surface area (Å²) in [6.07, 6.45) is 3.66. The van der Waals surface area contributed by atoms with Gasteiger partial charge in [0.2, 0.25) is 0 Å². The van der Waals surface area contributed by atoms with Gasteiger partial charge in [-0.2, -0.15) is 0 Å². The summed E-state index contributed by atoms with van der Waals surface area (Å²) in [7, 11) is 0. The maximum atomic E-state index is 4.33. The van der Waals surface area contributed by atoms with Crippen LogP contribution in [0.4, 0.5) is 0 Å². The Morgan fingerprint density at radius 3 is 2.62 bits per heavy atom. The molecule has 4 heteroatoms. The minimum absolute atomic E-state index is 0.236. The first-order chi connectivity index (χ1) is 7.77.